The summed E-state index contributed by atoms with van der Waals surface area (Å²) in [6, 6.07) is 21.1. The molecule has 0 radical (unpaired) electrons. The van der Waals surface area contributed by atoms with Crippen molar-refractivity contribution in [3.63, 3.8) is 0 Å². The van der Waals surface area contributed by atoms with Gasteiger partial charge < -0.3 is 14.1 Å². The van der Waals surface area contributed by atoms with Gasteiger partial charge in [-0.3, -0.25) is 4.79 Å². The zero-order valence-electron chi connectivity index (χ0n) is 25.2. The second-order valence-electron chi connectivity index (χ2n) is 12.8. The number of halogens is 1. The molecule has 1 atom stereocenters. The maximum atomic E-state index is 12.0. The average molecular weight is 688 g/mol. The van der Waals surface area contributed by atoms with Crippen LogP contribution in [-0.2, 0) is 9.22 Å². The quantitative estimate of drug-likeness (QED) is 0.137. The molecule has 1 saturated carbocycles. The summed E-state index contributed by atoms with van der Waals surface area (Å²) in [5.74, 6) is 1.81. The lowest BCUT2D eigenvalue weighted by Gasteiger charge is -2.43. The molecule has 7 heteroatoms. The molecule has 1 heterocycles. The maximum Gasteiger partial charge on any atom is 0.304 e. The van der Waals surface area contributed by atoms with Crippen LogP contribution in [0.2, 0.25) is 5.04 Å². The minimum absolute atomic E-state index is 0.00799. The highest BCUT2D eigenvalue weighted by molar-refractivity contribution is 14.1. The molecule has 0 saturated heterocycles. The van der Waals surface area contributed by atoms with Gasteiger partial charge in [-0.15, -0.1) is 0 Å². The number of hydrogen-bond donors (Lipinski definition) is 1. The van der Waals surface area contributed by atoms with Gasteiger partial charge in [0, 0.05) is 18.4 Å². The van der Waals surface area contributed by atoms with Crippen molar-refractivity contribution in [1.82, 2.24) is 5.16 Å². The van der Waals surface area contributed by atoms with Gasteiger partial charge >= 0.3 is 5.97 Å². The molecule has 1 aromatic heterocycles. The normalized spacial score (nSPS) is 18.3. The largest absolute Gasteiger partial charge is 0.481 e. The lowest BCUT2D eigenvalue weighted by molar-refractivity contribution is -0.137. The van der Waals surface area contributed by atoms with Crippen LogP contribution in [-0.4, -0.2) is 31.2 Å². The van der Waals surface area contributed by atoms with E-state index >= 15 is 0 Å². The summed E-state index contributed by atoms with van der Waals surface area (Å²) in [6.45, 7) is 11.8. The Morgan fingerprint density at radius 2 is 1.61 bits per heavy atom. The van der Waals surface area contributed by atoms with E-state index in [1.807, 2.05) is 12.1 Å². The minimum atomic E-state index is -2.70. The summed E-state index contributed by atoms with van der Waals surface area (Å²) < 4.78 is 14.0. The van der Waals surface area contributed by atoms with Gasteiger partial charge in [-0.1, -0.05) is 113 Å². The SMILES string of the molecule is CCC(CC)CC1CC(c2onc(C(CCO[Si](c3ccccc3)(c3ccccc3)C(C)(C)C)CC(=O)O)c2I)C1. The zero-order valence-corrected chi connectivity index (χ0v) is 28.4. The number of aliphatic carboxylic acids is 1. The molecule has 0 amide bonds. The summed E-state index contributed by atoms with van der Waals surface area (Å²) in [6.07, 6.45) is 6.64. The molecule has 222 valence electrons. The van der Waals surface area contributed by atoms with E-state index in [4.69, 9.17) is 8.95 Å². The molecular formula is C34H46INO4Si. The van der Waals surface area contributed by atoms with Crippen molar-refractivity contribution in [1.29, 1.82) is 0 Å². The molecule has 1 unspecified atom stereocenters. The number of carbonyl (C=O) groups is 1. The van der Waals surface area contributed by atoms with Gasteiger partial charge in [0.2, 0.25) is 0 Å². The second kappa shape index (κ2) is 14.0. The van der Waals surface area contributed by atoms with Gasteiger partial charge in [0.25, 0.3) is 8.32 Å². The Hall–Kier alpha value is -1.97. The number of rotatable bonds is 14. The molecule has 1 aliphatic rings. The zero-order chi connectivity index (χ0) is 29.6. The van der Waals surface area contributed by atoms with Crippen LogP contribution in [0.15, 0.2) is 65.2 Å². The molecule has 0 bridgehead atoms. The van der Waals surface area contributed by atoms with Crippen molar-refractivity contribution in [2.45, 2.75) is 96.4 Å². The van der Waals surface area contributed by atoms with Crippen LogP contribution in [0.25, 0.3) is 0 Å². The smallest absolute Gasteiger partial charge is 0.304 e. The van der Waals surface area contributed by atoms with Crippen molar-refractivity contribution >= 4 is 47.3 Å². The van der Waals surface area contributed by atoms with E-state index in [9.17, 15) is 9.90 Å². The third-order valence-corrected chi connectivity index (χ3v) is 15.2. The van der Waals surface area contributed by atoms with Crippen molar-refractivity contribution in [2.75, 3.05) is 6.61 Å². The molecule has 5 nitrogen and oxygen atoms in total. The van der Waals surface area contributed by atoms with Crippen LogP contribution in [0, 0.1) is 15.4 Å². The van der Waals surface area contributed by atoms with Crippen molar-refractivity contribution < 1.29 is 18.9 Å². The first-order valence-electron chi connectivity index (χ1n) is 15.2. The standard InChI is InChI=1S/C34H46INO4Si/c1-6-24(7-2)20-25-21-27(22-25)33-31(35)32(36-40-33)26(23-30(37)38)18-19-39-41(34(3,4)5,28-14-10-8-11-15-28)29-16-12-9-13-17-29/h8-17,24-27H,6-7,18-23H2,1-5H3,(H,37,38). The summed E-state index contributed by atoms with van der Waals surface area (Å²) >= 11 is 2.34. The van der Waals surface area contributed by atoms with Gasteiger partial charge in [-0.05, 0) is 75.5 Å². The molecule has 3 aromatic rings. The maximum absolute atomic E-state index is 12.0. The second-order valence-corrected chi connectivity index (χ2v) is 18.2. The van der Waals surface area contributed by atoms with E-state index in [1.54, 1.807) is 0 Å². The monoisotopic (exact) mass is 687 g/mol. The van der Waals surface area contributed by atoms with Gasteiger partial charge in [-0.25, -0.2) is 0 Å². The number of benzene rings is 2. The molecule has 4 rings (SSSR count). The number of hydrogen-bond acceptors (Lipinski definition) is 4. The molecule has 41 heavy (non-hydrogen) atoms. The van der Waals surface area contributed by atoms with Crippen LogP contribution < -0.4 is 10.4 Å². The number of carboxylic acids is 1. The first kappa shape index (κ1) is 32.0. The molecular weight excluding hydrogens is 641 g/mol. The van der Waals surface area contributed by atoms with E-state index in [-0.39, 0.29) is 17.4 Å². The Morgan fingerprint density at radius 3 is 2.10 bits per heavy atom. The van der Waals surface area contributed by atoms with Crippen LogP contribution in [0.5, 0.6) is 0 Å². The first-order chi connectivity index (χ1) is 19.6. The predicted octanol–water partition coefficient (Wildman–Crippen LogP) is 8.12. The number of aromatic nitrogens is 1. The minimum Gasteiger partial charge on any atom is -0.481 e. The Kier molecular flexibility index (Phi) is 10.9. The lowest BCUT2D eigenvalue weighted by atomic mass is 9.69. The molecule has 2 aromatic carbocycles. The Bertz CT molecular complexity index is 1210. The van der Waals surface area contributed by atoms with E-state index in [2.05, 4.69) is 111 Å². The van der Waals surface area contributed by atoms with Crippen molar-refractivity contribution in [3.05, 3.63) is 75.7 Å². The predicted molar refractivity (Wildman–Crippen MR) is 177 cm³/mol. The highest BCUT2D eigenvalue weighted by Gasteiger charge is 2.50. The van der Waals surface area contributed by atoms with Crippen molar-refractivity contribution in [2.24, 2.45) is 11.8 Å². The van der Waals surface area contributed by atoms with Gasteiger partial charge in [0.1, 0.15) is 5.69 Å². The van der Waals surface area contributed by atoms with Crippen LogP contribution in [0.4, 0.5) is 0 Å². The summed E-state index contributed by atoms with van der Waals surface area (Å²) in [7, 11) is -2.70. The molecule has 1 aliphatic carbocycles. The fourth-order valence-electron chi connectivity index (χ4n) is 6.71. The fourth-order valence-corrected chi connectivity index (χ4v) is 12.4. The first-order valence-corrected chi connectivity index (χ1v) is 18.2. The summed E-state index contributed by atoms with van der Waals surface area (Å²) in [4.78, 5) is 12.0. The topological polar surface area (TPSA) is 72.6 Å². The Morgan fingerprint density at radius 1 is 1.05 bits per heavy atom. The molecule has 0 aliphatic heterocycles. The van der Waals surface area contributed by atoms with Gasteiger partial charge in [0.05, 0.1) is 9.99 Å². The van der Waals surface area contributed by atoms with E-state index in [0.717, 1.165) is 39.7 Å². The lowest BCUT2D eigenvalue weighted by Crippen LogP contribution is -2.66. The van der Waals surface area contributed by atoms with Crippen LogP contribution in [0.3, 0.4) is 0 Å². The van der Waals surface area contributed by atoms with Gasteiger partial charge in [-0.2, -0.15) is 0 Å². The summed E-state index contributed by atoms with van der Waals surface area (Å²) in [5.41, 5.74) is 0.775. The number of nitrogens with zero attached hydrogens (tertiary/aromatic N) is 1. The fraction of sp³-hybridized carbons (Fsp3) is 0.529. The van der Waals surface area contributed by atoms with E-state index < -0.39 is 14.3 Å². The van der Waals surface area contributed by atoms with Crippen LogP contribution in [0.1, 0.15) is 103 Å². The van der Waals surface area contributed by atoms with Crippen LogP contribution >= 0.6 is 22.6 Å². The third kappa shape index (κ3) is 7.16. The third-order valence-electron chi connectivity index (χ3n) is 9.12. The molecule has 0 spiro atoms. The molecule has 1 fully saturated rings. The highest BCUT2D eigenvalue weighted by atomic mass is 127. The van der Waals surface area contributed by atoms with E-state index in [1.165, 1.54) is 29.6 Å². The number of carboxylic acid groups (broad SMARTS) is 1. The highest BCUT2D eigenvalue weighted by Crippen LogP contribution is 2.47. The van der Waals surface area contributed by atoms with Crippen molar-refractivity contribution in [3.8, 4) is 0 Å². The Labute approximate surface area is 260 Å². The Balaban J connectivity index is 1.54. The summed E-state index contributed by atoms with van der Waals surface area (Å²) in [5, 5.41) is 16.6. The van der Waals surface area contributed by atoms with E-state index in [0.29, 0.717) is 18.9 Å². The molecule has 1 N–H and O–H groups in total. The van der Waals surface area contributed by atoms with Gasteiger partial charge in [0.15, 0.2) is 5.76 Å². The average Bonchev–Trinajstić information content (AvgIpc) is 3.30.